The molecular weight excluding hydrogens is 236 g/mol. The van der Waals surface area contributed by atoms with E-state index in [0.717, 1.165) is 0 Å². The average molecular weight is 248 g/mol. The quantitative estimate of drug-likeness (QED) is 0.492. The van der Waals surface area contributed by atoms with Gasteiger partial charge in [0.15, 0.2) is 6.33 Å². The molecule has 2 heterocycles. The minimum Gasteiger partial charge on any atom is -0.350 e. The molecule has 1 amide bonds. The Morgan fingerprint density at radius 2 is 2.33 bits per heavy atom. The number of rotatable bonds is 5. The monoisotopic (exact) mass is 248 g/mol. The third-order valence-corrected chi connectivity index (χ3v) is 2.19. The normalized spacial score (nSPS) is 10.1. The number of carbonyl (C=O) groups excluding carboxylic acids is 1. The maximum Gasteiger partial charge on any atom is 0.269 e. The van der Waals surface area contributed by atoms with Gasteiger partial charge in [0.2, 0.25) is 5.89 Å². The molecule has 2 aromatic rings. The molecule has 0 atom stereocenters. The number of nitrogen functional groups attached to an aromatic ring is 1. The summed E-state index contributed by atoms with van der Waals surface area (Å²) in [6.07, 6.45) is 3.29. The molecule has 0 unspecified atom stereocenters. The van der Waals surface area contributed by atoms with Crippen LogP contribution in [0.5, 0.6) is 0 Å². The van der Waals surface area contributed by atoms with Crippen LogP contribution in [0.1, 0.15) is 16.4 Å². The first-order chi connectivity index (χ1) is 8.79. The van der Waals surface area contributed by atoms with Gasteiger partial charge in [-0.3, -0.25) is 15.6 Å². The molecule has 2 aromatic heterocycles. The number of pyridine rings is 1. The number of aromatic nitrogens is 3. The van der Waals surface area contributed by atoms with E-state index in [0.29, 0.717) is 24.5 Å². The number of nitrogens with two attached hydrogens (primary N) is 1. The minimum atomic E-state index is -0.286. The van der Waals surface area contributed by atoms with Gasteiger partial charge in [-0.2, -0.15) is 4.98 Å². The summed E-state index contributed by atoms with van der Waals surface area (Å²) in [7, 11) is 0. The fraction of sp³-hybridized carbons (Fsp3) is 0.200. The average Bonchev–Trinajstić information content (AvgIpc) is 2.92. The molecule has 8 heteroatoms. The SMILES string of the molecule is NNc1ccnc(C(=O)NCCc2ncno2)c1. The summed E-state index contributed by atoms with van der Waals surface area (Å²) >= 11 is 0. The fourth-order valence-corrected chi connectivity index (χ4v) is 1.32. The summed E-state index contributed by atoms with van der Waals surface area (Å²) in [4.78, 5) is 19.5. The van der Waals surface area contributed by atoms with Crippen LogP contribution in [0.4, 0.5) is 5.69 Å². The number of hydrogen-bond donors (Lipinski definition) is 3. The van der Waals surface area contributed by atoms with E-state index in [1.165, 1.54) is 12.5 Å². The zero-order chi connectivity index (χ0) is 12.8. The molecule has 0 saturated heterocycles. The standard InChI is InChI=1S/C10H12N6O2/c11-16-7-1-3-12-8(5-7)10(17)13-4-2-9-14-6-15-18-9/h1,3,5-6H,2,4,11H2,(H,12,16)(H,13,17). The van der Waals surface area contributed by atoms with Crippen molar-refractivity contribution < 1.29 is 9.32 Å². The van der Waals surface area contributed by atoms with Crippen LogP contribution in [0, 0.1) is 0 Å². The summed E-state index contributed by atoms with van der Waals surface area (Å²) in [5.74, 6) is 5.43. The summed E-state index contributed by atoms with van der Waals surface area (Å²) < 4.78 is 4.80. The molecule has 4 N–H and O–H groups in total. The lowest BCUT2D eigenvalue weighted by Gasteiger charge is -2.04. The van der Waals surface area contributed by atoms with Gasteiger partial charge < -0.3 is 15.3 Å². The van der Waals surface area contributed by atoms with E-state index < -0.39 is 0 Å². The van der Waals surface area contributed by atoms with E-state index >= 15 is 0 Å². The van der Waals surface area contributed by atoms with Gasteiger partial charge in [-0.05, 0) is 12.1 Å². The van der Waals surface area contributed by atoms with Crippen LogP contribution in [0.3, 0.4) is 0 Å². The molecule has 0 spiro atoms. The Labute approximate surface area is 103 Å². The van der Waals surface area contributed by atoms with Crippen LogP contribution < -0.4 is 16.6 Å². The van der Waals surface area contributed by atoms with Crippen molar-refractivity contribution in [2.24, 2.45) is 5.84 Å². The molecule has 0 bridgehead atoms. The molecule has 0 aliphatic rings. The lowest BCUT2D eigenvalue weighted by molar-refractivity contribution is 0.0948. The van der Waals surface area contributed by atoms with Crippen LogP contribution >= 0.6 is 0 Å². The maximum absolute atomic E-state index is 11.7. The Morgan fingerprint density at radius 1 is 1.44 bits per heavy atom. The molecule has 0 aromatic carbocycles. The topological polar surface area (TPSA) is 119 Å². The van der Waals surface area contributed by atoms with Crippen molar-refractivity contribution in [3.8, 4) is 0 Å². The predicted octanol–water partition coefficient (Wildman–Crippen LogP) is -0.277. The number of anilines is 1. The predicted molar refractivity (Wildman–Crippen MR) is 62.4 cm³/mol. The zero-order valence-electron chi connectivity index (χ0n) is 9.46. The van der Waals surface area contributed by atoms with Crippen LogP contribution in [0.25, 0.3) is 0 Å². The van der Waals surface area contributed by atoms with Gasteiger partial charge >= 0.3 is 0 Å². The molecular formula is C10H12N6O2. The van der Waals surface area contributed by atoms with Crippen LogP contribution in [-0.2, 0) is 6.42 Å². The van der Waals surface area contributed by atoms with Crippen molar-refractivity contribution in [2.75, 3.05) is 12.0 Å². The Morgan fingerprint density at radius 3 is 3.06 bits per heavy atom. The van der Waals surface area contributed by atoms with Crippen LogP contribution in [0.15, 0.2) is 29.2 Å². The molecule has 0 radical (unpaired) electrons. The Hall–Kier alpha value is -2.48. The van der Waals surface area contributed by atoms with Gasteiger partial charge in [-0.1, -0.05) is 5.16 Å². The van der Waals surface area contributed by atoms with Crippen molar-refractivity contribution in [3.63, 3.8) is 0 Å². The molecule has 0 aliphatic carbocycles. The molecule has 0 fully saturated rings. The highest BCUT2D eigenvalue weighted by atomic mass is 16.5. The fourth-order valence-electron chi connectivity index (χ4n) is 1.32. The summed E-state index contributed by atoms with van der Waals surface area (Å²) in [5.41, 5.74) is 3.35. The van der Waals surface area contributed by atoms with Gasteiger partial charge in [0.05, 0.1) is 5.69 Å². The van der Waals surface area contributed by atoms with E-state index in [9.17, 15) is 4.79 Å². The van der Waals surface area contributed by atoms with Gasteiger partial charge in [-0.25, -0.2) is 0 Å². The number of carbonyl (C=O) groups is 1. The molecule has 8 nitrogen and oxygen atoms in total. The van der Waals surface area contributed by atoms with Gasteiger partial charge in [0, 0.05) is 19.2 Å². The van der Waals surface area contributed by atoms with Gasteiger partial charge in [-0.15, -0.1) is 0 Å². The minimum absolute atomic E-state index is 0.286. The smallest absolute Gasteiger partial charge is 0.269 e. The Kier molecular flexibility index (Phi) is 3.82. The maximum atomic E-state index is 11.7. The lowest BCUT2D eigenvalue weighted by atomic mass is 10.3. The first kappa shape index (κ1) is 12.0. The van der Waals surface area contributed by atoms with Crippen molar-refractivity contribution in [3.05, 3.63) is 36.2 Å². The summed E-state index contributed by atoms with van der Waals surface area (Å²) in [6.45, 7) is 0.392. The van der Waals surface area contributed by atoms with Crippen LogP contribution in [0.2, 0.25) is 0 Å². The van der Waals surface area contributed by atoms with Crippen LogP contribution in [-0.4, -0.2) is 27.6 Å². The van der Waals surface area contributed by atoms with Crippen molar-refractivity contribution in [1.82, 2.24) is 20.4 Å². The molecule has 2 rings (SSSR count). The third-order valence-electron chi connectivity index (χ3n) is 2.19. The van der Waals surface area contributed by atoms with Gasteiger partial charge in [0.25, 0.3) is 5.91 Å². The number of nitrogens with zero attached hydrogens (tertiary/aromatic N) is 3. The van der Waals surface area contributed by atoms with E-state index in [1.807, 2.05) is 0 Å². The van der Waals surface area contributed by atoms with Gasteiger partial charge in [0.1, 0.15) is 5.69 Å². The second-order valence-electron chi connectivity index (χ2n) is 3.41. The molecule has 0 saturated carbocycles. The lowest BCUT2D eigenvalue weighted by Crippen LogP contribution is -2.26. The molecule has 0 aliphatic heterocycles. The van der Waals surface area contributed by atoms with Crippen molar-refractivity contribution >= 4 is 11.6 Å². The van der Waals surface area contributed by atoms with E-state index in [1.54, 1.807) is 12.1 Å². The first-order valence-electron chi connectivity index (χ1n) is 5.26. The Balaban J connectivity index is 1.87. The number of nitrogens with one attached hydrogen (secondary N) is 2. The number of amides is 1. The highest BCUT2D eigenvalue weighted by Gasteiger charge is 2.08. The molecule has 18 heavy (non-hydrogen) atoms. The number of hydrazine groups is 1. The van der Waals surface area contributed by atoms with Crippen molar-refractivity contribution in [1.29, 1.82) is 0 Å². The second kappa shape index (κ2) is 5.73. The third kappa shape index (κ3) is 3.01. The summed E-state index contributed by atoms with van der Waals surface area (Å²) in [6, 6.07) is 3.22. The second-order valence-corrected chi connectivity index (χ2v) is 3.41. The highest BCUT2D eigenvalue weighted by molar-refractivity contribution is 5.93. The van der Waals surface area contributed by atoms with E-state index in [2.05, 4.69) is 25.9 Å². The van der Waals surface area contributed by atoms with E-state index in [-0.39, 0.29) is 11.6 Å². The zero-order valence-corrected chi connectivity index (χ0v) is 9.46. The molecule has 94 valence electrons. The highest BCUT2D eigenvalue weighted by Crippen LogP contribution is 2.05. The van der Waals surface area contributed by atoms with Crippen molar-refractivity contribution in [2.45, 2.75) is 6.42 Å². The Bertz CT molecular complexity index is 513. The first-order valence-corrected chi connectivity index (χ1v) is 5.26. The van der Waals surface area contributed by atoms with E-state index in [4.69, 9.17) is 10.4 Å². The number of hydrogen-bond acceptors (Lipinski definition) is 7. The summed E-state index contributed by atoms with van der Waals surface area (Å²) in [5, 5.41) is 6.16. The largest absolute Gasteiger partial charge is 0.350 e.